The minimum atomic E-state index is -4.32. The van der Waals surface area contributed by atoms with E-state index < -0.39 is 49.9 Å². The summed E-state index contributed by atoms with van der Waals surface area (Å²) in [6.07, 6.45) is 0.669. The molecule has 1 aromatic rings. The molecule has 0 amide bonds. The molecule has 0 bridgehead atoms. The highest BCUT2D eigenvalue weighted by Crippen LogP contribution is 2.44. The number of rotatable bonds is 11. The summed E-state index contributed by atoms with van der Waals surface area (Å²) in [6, 6.07) is 0. The molecule has 1 saturated heterocycles. The molecule has 2 unspecified atom stereocenters. The minimum absolute atomic E-state index is 0.0447. The third-order valence-corrected chi connectivity index (χ3v) is 5.45. The summed E-state index contributed by atoms with van der Waals surface area (Å²) in [6.45, 7) is -0.422. The van der Waals surface area contributed by atoms with Gasteiger partial charge in [-0.05, 0) is 18.6 Å². The molecule has 13 heteroatoms. The summed E-state index contributed by atoms with van der Waals surface area (Å²) >= 11 is 4.09. The molecule has 28 heavy (non-hydrogen) atoms. The van der Waals surface area contributed by atoms with Gasteiger partial charge in [0.15, 0.2) is 0 Å². The quantitative estimate of drug-likeness (QED) is 0.226. The summed E-state index contributed by atoms with van der Waals surface area (Å²) in [5.41, 5.74) is -2.07. The monoisotopic (exact) mass is 442 g/mol. The molecular formula is C15H24FN2O8PS. The molecule has 160 valence electrons. The first kappa shape index (κ1) is 23.3. The molecule has 2 heterocycles. The third kappa shape index (κ3) is 6.80. The van der Waals surface area contributed by atoms with Crippen LogP contribution in [0.25, 0.3) is 0 Å². The average Bonchev–Trinajstić information content (AvgIpc) is 3.00. The number of thiol groups is 1. The molecule has 3 N–H and O–H groups in total. The zero-order valence-corrected chi connectivity index (χ0v) is 16.8. The van der Waals surface area contributed by atoms with E-state index in [0.29, 0.717) is 12.6 Å². The van der Waals surface area contributed by atoms with Crippen molar-refractivity contribution < 1.29 is 32.7 Å². The number of halogens is 1. The summed E-state index contributed by atoms with van der Waals surface area (Å²) < 4.78 is 41.2. The van der Waals surface area contributed by atoms with E-state index in [0.717, 1.165) is 29.6 Å². The highest BCUT2D eigenvalue weighted by molar-refractivity contribution is 7.80. The van der Waals surface area contributed by atoms with Crippen LogP contribution in [0.1, 0.15) is 38.3 Å². The third-order valence-electron chi connectivity index (χ3n) is 4.15. The van der Waals surface area contributed by atoms with Gasteiger partial charge in [0.1, 0.15) is 12.3 Å². The van der Waals surface area contributed by atoms with Gasteiger partial charge in [0.2, 0.25) is 5.82 Å². The maximum absolute atomic E-state index is 13.4. The number of phosphoric ester groups is 1. The van der Waals surface area contributed by atoms with Gasteiger partial charge in [-0.1, -0.05) is 12.8 Å². The number of nitrogens with one attached hydrogen (secondary N) is 1. The number of aliphatic hydroxyl groups excluding tert-OH is 1. The van der Waals surface area contributed by atoms with Gasteiger partial charge in [-0.3, -0.25) is 23.4 Å². The van der Waals surface area contributed by atoms with E-state index in [1.54, 1.807) is 4.98 Å². The Morgan fingerprint density at radius 1 is 1.32 bits per heavy atom. The Morgan fingerprint density at radius 2 is 2.04 bits per heavy atom. The van der Waals surface area contributed by atoms with E-state index in [1.807, 2.05) is 0 Å². The maximum Gasteiger partial charge on any atom is 0.472 e. The smallest absolute Gasteiger partial charge is 0.390 e. The molecule has 2 rings (SSSR count). The number of ether oxygens (including phenoxy) is 1. The second kappa shape index (κ2) is 10.7. The molecule has 10 nitrogen and oxygen atoms in total. The van der Waals surface area contributed by atoms with E-state index in [2.05, 4.69) is 12.6 Å². The van der Waals surface area contributed by atoms with E-state index in [4.69, 9.17) is 13.8 Å². The van der Waals surface area contributed by atoms with Gasteiger partial charge in [0, 0.05) is 6.42 Å². The predicted octanol–water partition coefficient (Wildman–Crippen LogP) is 0.948. The standard InChI is InChI=1S/C15H24FN2O8PS/c16-10-8-18(15(21)17-14(10)20)13-7-11(19)12(26-13)9-25-27(22,23)24-5-3-1-2-4-6-28/h8,11-13,19,28H,1-7,9H2,(H,22,23)(H,17,20,21)/t11?,12-,13-/m1/s1. The van der Waals surface area contributed by atoms with Gasteiger partial charge in [-0.2, -0.15) is 17.0 Å². The molecule has 1 aromatic heterocycles. The number of aromatic amines is 1. The number of hydrogen-bond donors (Lipinski definition) is 4. The fourth-order valence-corrected chi connectivity index (χ4v) is 3.66. The molecule has 1 aliphatic heterocycles. The molecule has 0 spiro atoms. The zero-order valence-electron chi connectivity index (χ0n) is 15.0. The molecular weight excluding hydrogens is 418 g/mol. The summed E-state index contributed by atoms with van der Waals surface area (Å²) in [7, 11) is -4.32. The van der Waals surface area contributed by atoms with Crippen LogP contribution in [0.15, 0.2) is 15.8 Å². The molecule has 1 aliphatic rings. The predicted molar refractivity (Wildman–Crippen MR) is 99.9 cm³/mol. The van der Waals surface area contributed by atoms with Gasteiger partial charge in [-0.25, -0.2) is 9.36 Å². The van der Waals surface area contributed by atoms with Crippen molar-refractivity contribution >= 4 is 20.5 Å². The summed E-state index contributed by atoms with van der Waals surface area (Å²) in [5, 5.41) is 10.0. The Bertz CT molecular complexity index is 803. The first-order valence-corrected chi connectivity index (χ1v) is 10.9. The Labute approximate surface area is 165 Å². The molecule has 0 aliphatic carbocycles. The molecule has 1 fully saturated rings. The molecule has 0 saturated carbocycles. The minimum Gasteiger partial charge on any atom is -0.390 e. The Hall–Kier alpha value is -1.01. The van der Waals surface area contributed by atoms with Crippen molar-refractivity contribution in [1.82, 2.24) is 9.55 Å². The van der Waals surface area contributed by atoms with E-state index in [1.165, 1.54) is 0 Å². The number of aliphatic hydroxyl groups is 1. The van der Waals surface area contributed by atoms with Crippen LogP contribution >= 0.6 is 20.5 Å². The Kier molecular flexibility index (Phi) is 8.87. The number of phosphoric acid groups is 1. The second-order valence-corrected chi connectivity index (χ2v) is 8.21. The number of H-pyrrole nitrogens is 1. The normalized spacial score (nSPS) is 24.4. The van der Waals surface area contributed by atoms with Crippen molar-refractivity contribution in [3.63, 3.8) is 0 Å². The number of nitrogens with zero attached hydrogens (tertiary/aromatic N) is 1. The molecule has 4 atom stereocenters. The van der Waals surface area contributed by atoms with Crippen LogP contribution in [0.3, 0.4) is 0 Å². The zero-order chi connectivity index (χ0) is 20.7. The summed E-state index contributed by atoms with van der Waals surface area (Å²) in [4.78, 5) is 34.3. The van der Waals surface area contributed by atoms with Gasteiger partial charge in [0.05, 0.1) is 25.5 Å². The van der Waals surface area contributed by atoms with Crippen LogP contribution in [-0.2, 0) is 18.3 Å². The van der Waals surface area contributed by atoms with Gasteiger partial charge < -0.3 is 14.7 Å². The van der Waals surface area contributed by atoms with Crippen molar-refractivity contribution in [2.45, 2.75) is 50.5 Å². The van der Waals surface area contributed by atoms with E-state index in [-0.39, 0.29) is 13.0 Å². The topological polar surface area (TPSA) is 140 Å². The number of aromatic nitrogens is 2. The van der Waals surface area contributed by atoms with Crippen molar-refractivity contribution in [3.8, 4) is 0 Å². The lowest BCUT2D eigenvalue weighted by atomic mass is 10.2. The Balaban J connectivity index is 1.83. The van der Waals surface area contributed by atoms with Crippen molar-refractivity contribution in [1.29, 1.82) is 0 Å². The summed E-state index contributed by atoms with van der Waals surface area (Å²) in [5.74, 6) is -0.398. The lowest BCUT2D eigenvalue weighted by Gasteiger charge is -2.18. The first-order chi connectivity index (χ1) is 13.2. The van der Waals surface area contributed by atoms with Gasteiger partial charge in [-0.15, -0.1) is 0 Å². The highest BCUT2D eigenvalue weighted by Gasteiger charge is 2.37. The number of hydrogen-bond acceptors (Lipinski definition) is 8. The van der Waals surface area contributed by atoms with E-state index in [9.17, 15) is 28.5 Å². The first-order valence-electron chi connectivity index (χ1n) is 8.80. The fraction of sp³-hybridized carbons (Fsp3) is 0.733. The Morgan fingerprint density at radius 3 is 2.75 bits per heavy atom. The number of unbranched alkanes of at least 4 members (excludes halogenated alkanes) is 3. The van der Waals surface area contributed by atoms with Crippen LogP contribution < -0.4 is 11.2 Å². The van der Waals surface area contributed by atoms with Crippen molar-refractivity contribution in [2.24, 2.45) is 0 Å². The SMILES string of the molecule is O=c1[nH]c(=O)n([C@H]2CC(O)[C@@H](COP(=O)(O)OCCCCCCS)O2)cc1F. The van der Waals surface area contributed by atoms with Crippen LogP contribution in [0.4, 0.5) is 4.39 Å². The van der Waals surface area contributed by atoms with Crippen LogP contribution in [0.2, 0.25) is 0 Å². The highest BCUT2D eigenvalue weighted by atomic mass is 32.1. The maximum atomic E-state index is 13.4. The fourth-order valence-electron chi connectivity index (χ4n) is 2.66. The van der Waals surface area contributed by atoms with Crippen molar-refractivity contribution in [2.75, 3.05) is 19.0 Å². The van der Waals surface area contributed by atoms with Crippen LogP contribution in [0.5, 0.6) is 0 Å². The van der Waals surface area contributed by atoms with Crippen LogP contribution in [0, 0.1) is 5.82 Å². The van der Waals surface area contributed by atoms with Crippen LogP contribution in [-0.4, -0.2) is 50.7 Å². The van der Waals surface area contributed by atoms with Gasteiger partial charge in [0.25, 0.3) is 5.56 Å². The largest absolute Gasteiger partial charge is 0.472 e. The lowest BCUT2D eigenvalue weighted by Crippen LogP contribution is -2.34. The molecule has 0 radical (unpaired) electrons. The second-order valence-electron chi connectivity index (χ2n) is 6.31. The molecule has 0 aromatic carbocycles. The van der Waals surface area contributed by atoms with Gasteiger partial charge >= 0.3 is 13.5 Å². The van der Waals surface area contributed by atoms with E-state index >= 15 is 0 Å². The lowest BCUT2D eigenvalue weighted by molar-refractivity contribution is -0.0468. The van der Waals surface area contributed by atoms with Crippen molar-refractivity contribution in [3.05, 3.63) is 32.9 Å². The average molecular weight is 442 g/mol.